The number of H-pyrrole nitrogens is 1. The molecule has 2 nitrogen and oxygen atoms in total. The molecule has 0 aliphatic carbocycles. The van der Waals surface area contributed by atoms with Gasteiger partial charge in [-0.3, -0.25) is 4.79 Å². The third-order valence-electron chi connectivity index (χ3n) is 4.77. The minimum atomic E-state index is 0.0259. The maximum atomic E-state index is 13.6. The third kappa shape index (κ3) is 2.24. The molecule has 1 N–H and O–H groups in total. The van der Waals surface area contributed by atoms with E-state index in [-0.39, 0.29) is 10.7 Å². The molecule has 25 heavy (non-hydrogen) atoms. The number of thioether (sulfide) groups is 1. The second kappa shape index (κ2) is 5.64. The number of rotatable bonds is 1. The molecule has 1 aliphatic heterocycles. The predicted molar refractivity (Wildman–Crippen MR) is 107 cm³/mol. The maximum absolute atomic E-state index is 13.6. The first-order valence-electron chi connectivity index (χ1n) is 8.27. The fourth-order valence-electron chi connectivity index (χ4n) is 3.61. The van der Waals surface area contributed by atoms with E-state index in [0.717, 1.165) is 38.5 Å². The molecule has 1 unspecified atom stereocenters. The van der Waals surface area contributed by atoms with Crippen molar-refractivity contribution in [1.29, 1.82) is 0 Å². The van der Waals surface area contributed by atoms with Crippen LogP contribution in [0.2, 0.25) is 0 Å². The molecule has 0 spiro atoms. The Balaban J connectivity index is 1.90. The van der Waals surface area contributed by atoms with Crippen molar-refractivity contribution in [1.82, 2.24) is 4.98 Å². The van der Waals surface area contributed by atoms with E-state index in [1.54, 1.807) is 11.8 Å². The highest BCUT2D eigenvalue weighted by atomic mass is 32.2. The van der Waals surface area contributed by atoms with E-state index < -0.39 is 0 Å². The molecule has 0 saturated heterocycles. The van der Waals surface area contributed by atoms with Crippen molar-refractivity contribution in [2.75, 3.05) is 0 Å². The molecule has 0 fully saturated rings. The molecule has 1 atom stereocenters. The van der Waals surface area contributed by atoms with Crippen molar-refractivity contribution in [2.45, 2.75) is 5.25 Å². The number of aromatic amines is 1. The van der Waals surface area contributed by atoms with Crippen LogP contribution in [0.3, 0.4) is 0 Å². The van der Waals surface area contributed by atoms with Gasteiger partial charge in [0.25, 0.3) is 0 Å². The first-order chi connectivity index (χ1) is 12.3. The lowest BCUT2D eigenvalue weighted by Crippen LogP contribution is -2.13. The Morgan fingerprint density at radius 2 is 1.64 bits per heavy atom. The lowest BCUT2D eigenvalue weighted by molar-refractivity contribution is 1.14. The molecule has 1 aromatic heterocycles. The summed E-state index contributed by atoms with van der Waals surface area (Å²) in [6, 6.07) is 22.4. The highest BCUT2D eigenvalue weighted by molar-refractivity contribution is 8.02. The van der Waals surface area contributed by atoms with Crippen LogP contribution < -0.4 is 5.43 Å². The molecule has 3 aromatic carbocycles. The summed E-state index contributed by atoms with van der Waals surface area (Å²) in [7, 11) is 0. The van der Waals surface area contributed by atoms with Gasteiger partial charge in [-0.1, -0.05) is 54.6 Å². The topological polar surface area (TPSA) is 32.9 Å². The number of benzene rings is 2. The number of aromatic nitrogens is 1. The van der Waals surface area contributed by atoms with Gasteiger partial charge in [-0.25, -0.2) is 0 Å². The minimum absolute atomic E-state index is 0.0259. The Morgan fingerprint density at radius 3 is 2.52 bits per heavy atom. The van der Waals surface area contributed by atoms with Gasteiger partial charge in [-0.05, 0) is 34.7 Å². The van der Waals surface area contributed by atoms with E-state index in [9.17, 15) is 4.79 Å². The normalized spacial score (nSPS) is 16.2. The molecule has 2 heterocycles. The minimum Gasteiger partial charge on any atom is -0.354 e. The van der Waals surface area contributed by atoms with Crippen LogP contribution in [0, 0.1) is 0 Å². The first kappa shape index (κ1) is 14.6. The average molecular weight is 341 g/mol. The largest absolute Gasteiger partial charge is 0.354 e. The number of hydrogen-bond donors (Lipinski definition) is 1. The Kier molecular flexibility index (Phi) is 3.28. The fraction of sp³-hybridized carbons (Fsp3) is 0.0455. The van der Waals surface area contributed by atoms with Crippen LogP contribution in [0.5, 0.6) is 0 Å². The van der Waals surface area contributed by atoms with Gasteiger partial charge in [0.15, 0.2) is 5.43 Å². The summed E-state index contributed by atoms with van der Waals surface area (Å²) in [5.41, 5.74) is 5.06. The Hall–Kier alpha value is -2.78. The van der Waals surface area contributed by atoms with Crippen LogP contribution in [0.25, 0.3) is 27.9 Å². The summed E-state index contributed by atoms with van der Waals surface area (Å²) in [5.74, 6) is 0. The number of fused-ring (bicyclic) bond motifs is 4. The molecule has 3 heteroatoms. The van der Waals surface area contributed by atoms with Gasteiger partial charge in [-0.15, -0.1) is 11.8 Å². The molecule has 0 bridgehead atoms. The van der Waals surface area contributed by atoms with Crippen molar-refractivity contribution in [2.24, 2.45) is 0 Å². The van der Waals surface area contributed by atoms with Gasteiger partial charge in [0.1, 0.15) is 0 Å². The van der Waals surface area contributed by atoms with Crippen LogP contribution >= 0.6 is 11.8 Å². The fourth-order valence-corrected chi connectivity index (χ4v) is 4.68. The molecule has 0 radical (unpaired) electrons. The molecule has 0 amide bonds. The van der Waals surface area contributed by atoms with Crippen molar-refractivity contribution in [3.05, 3.63) is 99.1 Å². The molecule has 120 valence electrons. The number of hydrogen-bond acceptors (Lipinski definition) is 2. The van der Waals surface area contributed by atoms with Crippen LogP contribution in [0.1, 0.15) is 21.9 Å². The molecular formula is C22H15NOS. The van der Waals surface area contributed by atoms with Gasteiger partial charge < -0.3 is 4.98 Å². The summed E-state index contributed by atoms with van der Waals surface area (Å²) in [6.07, 6.45) is 2.04. The Morgan fingerprint density at radius 1 is 0.840 bits per heavy atom. The third-order valence-corrected chi connectivity index (χ3v) is 5.85. The zero-order valence-corrected chi connectivity index (χ0v) is 14.2. The summed E-state index contributed by atoms with van der Waals surface area (Å²) < 4.78 is 0. The van der Waals surface area contributed by atoms with Crippen molar-refractivity contribution in [3.63, 3.8) is 0 Å². The van der Waals surface area contributed by atoms with E-state index in [1.807, 2.05) is 54.6 Å². The van der Waals surface area contributed by atoms with Gasteiger partial charge >= 0.3 is 0 Å². The molecule has 5 rings (SSSR count). The van der Waals surface area contributed by atoms with E-state index in [1.165, 1.54) is 0 Å². The van der Waals surface area contributed by atoms with Crippen LogP contribution in [0.15, 0.2) is 76.9 Å². The smallest absolute Gasteiger partial charge is 0.193 e. The highest BCUT2D eigenvalue weighted by Gasteiger charge is 2.23. The summed E-state index contributed by atoms with van der Waals surface area (Å²) in [5, 5.41) is 3.89. The number of para-hydroxylation sites is 1. The van der Waals surface area contributed by atoms with Crippen LogP contribution in [0.4, 0.5) is 0 Å². The van der Waals surface area contributed by atoms with Gasteiger partial charge in [-0.2, -0.15) is 0 Å². The zero-order valence-electron chi connectivity index (χ0n) is 13.4. The van der Waals surface area contributed by atoms with Crippen molar-refractivity contribution in [3.8, 4) is 0 Å². The van der Waals surface area contributed by atoms with Gasteiger partial charge in [0.2, 0.25) is 0 Å². The van der Waals surface area contributed by atoms with Crippen LogP contribution in [-0.4, -0.2) is 4.98 Å². The SMILES string of the molecule is O=c1c2c(ccc3[nH]c4ccccc4c13)C=CSC2c1ccccc1. The highest BCUT2D eigenvalue weighted by Crippen LogP contribution is 2.41. The Bertz CT molecular complexity index is 1190. The van der Waals surface area contributed by atoms with Crippen LogP contribution in [-0.2, 0) is 0 Å². The molecule has 0 saturated carbocycles. The molecule has 4 aromatic rings. The molecular weight excluding hydrogens is 326 g/mol. The lowest BCUT2D eigenvalue weighted by atomic mass is 9.99. The summed E-state index contributed by atoms with van der Waals surface area (Å²) in [4.78, 5) is 17.0. The average Bonchev–Trinajstić information content (AvgIpc) is 2.98. The van der Waals surface area contributed by atoms with E-state index in [4.69, 9.17) is 0 Å². The molecule has 1 aliphatic rings. The van der Waals surface area contributed by atoms with E-state index in [2.05, 4.69) is 28.6 Å². The van der Waals surface area contributed by atoms with E-state index >= 15 is 0 Å². The van der Waals surface area contributed by atoms with Crippen molar-refractivity contribution >= 4 is 39.6 Å². The quantitative estimate of drug-likeness (QED) is 0.497. The van der Waals surface area contributed by atoms with Crippen molar-refractivity contribution < 1.29 is 0 Å². The predicted octanol–water partition coefficient (Wildman–Crippen LogP) is 5.49. The van der Waals surface area contributed by atoms with E-state index in [0.29, 0.717) is 0 Å². The first-order valence-corrected chi connectivity index (χ1v) is 9.22. The zero-order chi connectivity index (χ0) is 16.8. The number of nitrogens with one attached hydrogen (secondary N) is 1. The Labute approximate surface area is 149 Å². The summed E-state index contributed by atoms with van der Waals surface area (Å²) >= 11 is 1.69. The van der Waals surface area contributed by atoms with Gasteiger partial charge in [0.05, 0.1) is 16.2 Å². The maximum Gasteiger partial charge on any atom is 0.193 e. The second-order valence-electron chi connectivity index (χ2n) is 6.22. The summed E-state index contributed by atoms with van der Waals surface area (Å²) in [6.45, 7) is 0. The standard InChI is InChI=1S/C22H15NOS/c24-21-19-14(12-13-25-22(19)15-6-2-1-3-7-15)10-11-18-20(21)16-8-4-5-9-17(16)23-18/h1-13,22-23H. The monoisotopic (exact) mass is 341 g/mol. The van der Waals surface area contributed by atoms with Gasteiger partial charge in [0, 0.05) is 16.5 Å². The second-order valence-corrected chi connectivity index (χ2v) is 7.24. The lowest BCUT2D eigenvalue weighted by Gasteiger charge is -2.19.